The van der Waals surface area contributed by atoms with Crippen LogP contribution in [0.15, 0.2) is 54.6 Å². The molecule has 3 nitrogen and oxygen atoms in total. The van der Waals surface area contributed by atoms with E-state index in [0.717, 1.165) is 21.9 Å². The second-order valence-electron chi connectivity index (χ2n) is 5.45. The van der Waals surface area contributed by atoms with E-state index in [1.165, 1.54) is 5.39 Å². The highest BCUT2D eigenvalue weighted by Gasteiger charge is 2.17. The van der Waals surface area contributed by atoms with Crippen LogP contribution < -0.4 is 10.5 Å². The maximum atomic E-state index is 12.2. The molecule has 118 valence electrons. The molecule has 1 atom stereocenters. The number of thioether (sulfide) groups is 1. The highest BCUT2D eigenvalue weighted by atomic mass is 32.2. The highest BCUT2D eigenvalue weighted by Crippen LogP contribution is 2.31. The maximum absolute atomic E-state index is 12.2. The fourth-order valence-electron chi connectivity index (χ4n) is 2.65. The molecular weight excluding hydrogens is 306 g/mol. The predicted molar refractivity (Wildman–Crippen MR) is 98.1 cm³/mol. The number of fused-ring (bicyclic) bond motifs is 3. The molecule has 0 fully saturated rings. The van der Waals surface area contributed by atoms with Crippen molar-refractivity contribution < 1.29 is 9.53 Å². The van der Waals surface area contributed by atoms with Crippen LogP contribution >= 0.6 is 11.8 Å². The monoisotopic (exact) mass is 325 g/mol. The van der Waals surface area contributed by atoms with Crippen molar-refractivity contribution in [2.24, 2.45) is 5.73 Å². The van der Waals surface area contributed by atoms with Crippen LogP contribution in [-0.2, 0) is 4.79 Å². The zero-order chi connectivity index (χ0) is 16.2. The summed E-state index contributed by atoms with van der Waals surface area (Å²) in [7, 11) is 0. The van der Waals surface area contributed by atoms with Crippen molar-refractivity contribution in [2.75, 3.05) is 12.0 Å². The van der Waals surface area contributed by atoms with Gasteiger partial charge in [-0.15, -0.1) is 0 Å². The van der Waals surface area contributed by atoms with Crippen LogP contribution in [0.4, 0.5) is 0 Å². The Hall–Kier alpha value is -2.04. The molecule has 0 aromatic heterocycles. The molecule has 0 unspecified atom stereocenters. The third-order valence-electron chi connectivity index (χ3n) is 3.89. The molecule has 0 saturated heterocycles. The summed E-state index contributed by atoms with van der Waals surface area (Å²) in [6.45, 7) is 0. The standard InChI is InChI=1S/C19H19NO2S/c1-23-12-11-17(20)19(21)22-18-8-4-7-15-14-6-3-2-5-13(14)9-10-16(15)18/h2-10,17H,11-12,20H2,1H3/t17-/m0/s1. The second-order valence-corrected chi connectivity index (χ2v) is 6.43. The van der Waals surface area contributed by atoms with E-state index in [0.29, 0.717) is 12.2 Å². The maximum Gasteiger partial charge on any atom is 0.328 e. The van der Waals surface area contributed by atoms with Crippen molar-refractivity contribution in [3.05, 3.63) is 54.6 Å². The number of ether oxygens (including phenoxy) is 1. The van der Waals surface area contributed by atoms with Crippen molar-refractivity contribution >= 4 is 39.3 Å². The molecule has 23 heavy (non-hydrogen) atoms. The zero-order valence-electron chi connectivity index (χ0n) is 13.0. The molecule has 0 amide bonds. The normalized spacial score (nSPS) is 12.4. The number of benzene rings is 3. The molecule has 3 rings (SSSR count). The van der Waals surface area contributed by atoms with E-state index in [1.54, 1.807) is 11.8 Å². The Morgan fingerprint density at radius 2 is 1.83 bits per heavy atom. The number of hydrogen-bond donors (Lipinski definition) is 1. The summed E-state index contributed by atoms with van der Waals surface area (Å²) in [4.78, 5) is 12.2. The van der Waals surface area contributed by atoms with Crippen LogP contribution in [0, 0.1) is 0 Å². The summed E-state index contributed by atoms with van der Waals surface area (Å²) in [5.41, 5.74) is 5.90. The Balaban J connectivity index is 1.95. The van der Waals surface area contributed by atoms with Crippen molar-refractivity contribution in [1.82, 2.24) is 0 Å². The molecule has 0 saturated carbocycles. The fraction of sp³-hybridized carbons (Fsp3) is 0.211. The lowest BCUT2D eigenvalue weighted by Gasteiger charge is -2.13. The summed E-state index contributed by atoms with van der Waals surface area (Å²) >= 11 is 1.67. The van der Waals surface area contributed by atoms with E-state index >= 15 is 0 Å². The van der Waals surface area contributed by atoms with Gasteiger partial charge < -0.3 is 10.5 Å². The Labute approximate surface area is 139 Å². The van der Waals surface area contributed by atoms with E-state index in [9.17, 15) is 4.79 Å². The van der Waals surface area contributed by atoms with Gasteiger partial charge in [-0.3, -0.25) is 0 Å². The SMILES string of the molecule is CSCC[C@H](N)C(=O)Oc1cccc2c1ccc1ccccc12. The van der Waals surface area contributed by atoms with Gasteiger partial charge in [0, 0.05) is 5.39 Å². The summed E-state index contributed by atoms with van der Waals surface area (Å²) < 4.78 is 5.56. The highest BCUT2D eigenvalue weighted by molar-refractivity contribution is 7.98. The summed E-state index contributed by atoms with van der Waals surface area (Å²) in [6, 6.07) is 17.4. The van der Waals surface area contributed by atoms with E-state index in [1.807, 2.05) is 48.7 Å². The van der Waals surface area contributed by atoms with Crippen molar-refractivity contribution in [1.29, 1.82) is 0 Å². The Kier molecular flexibility index (Phi) is 4.84. The molecular formula is C19H19NO2S. The first-order valence-electron chi connectivity index (χ1n) is 7.57. The van der Waals surface area contributed by atoms with E-state index in [2.05, 4.69) is 12.1 Å². The van der Waals surface area contributed by atoms with Gasteiger partial charge in [-0.05, 0) is 46.7 Å². The van der Waals surface area contributed by atoms with E-state index in [-0.39, 0.29) is 5.97 Å². The second kappa shape index (κ2) is 7.02. The molecule has 0 radical (unpaired) electrons. The Morgan fingerprint density at radius 3 is 2.65 bits per heavy atom. The largest absolute Gasteiger partial charge is 0.425 e. The number of nitrogens with two attached hydrogens (primary N) is 1. The van der Waals surface area contributed by atoms with Gasteiger partial charge in [-0.25, -0.2) is 4.79 Å². The molecule has 0 aliphatic heterocycles. The lowest BCUT2D eigenvalue weighted by molar-refractivity contribution is -0.135. The Bertz CT molecular complexity index is 847. The number of rotatable bonds is 5. The minimum Gasteiger partial charge on any atom is -0.425 e. The van der Waals surface area contributed by atoms with Crippen LogP contribution in [0.1, 0.15) is 6.42 Å². The molecule has 0 heterocycles. The van der Waals surface area contributed by atoms with Crippen molar-refractivity contribution in [2.45, 2.75) is 12.5 Å². The number of carbonyl (C=O) groups is 1. The summed E-state index contributed by atoms with van der Waals surface area (Å²) in [5, 5.41) is 4.32. The topological polar surface area (TPSA) is 52.3 Å². The van der Waals surface area contributed by atoms with Gasteiger partial charge in [0.05, 0.1) is 0 Å². The fourth-order valence-corrected chi connectivity index (χ4v) is 3.14. The number of hydrogen-bond acceptors (Lipinski definition) is 4. The zero-order valence-corrected chi connectivity index (χ0v) is 13.8. The molecule has 0 aliphatic carbocycles. The molecule has 4 heteroatoms. The Morgan fingerprint density at radius 1 is 1.04 bits per heavy atom. The predicted octanol–water partition coefficient (Wildman–Crippen LogP) is 3.98. The first kappa shape index (κ1) is 15.8. The summed E-state index contributed by atoms with van der Waals surface area (Å²) in [5.74, 6) is 1.04. The van der Waals surface area contributed by atoms with Gasteiger partial charge in [-0.1, -0.05) is 42.5 Å². The average molecular weight is 325 g/mol. The van der Waals surface area contributed by atoms with Gasteiger partial charge in [0.2, 0.25) is 0 Å². The quantitative estimate of drug-likeness (QED) is 0.438. The third kappa shape index (κ3) is 3.33. The lowest BCUT2D eigenvalue weighted by Crippen LogP contribution is -2.34. The summed E-state index contributed by atoms with van der Waals surface area (Å²) in [6.07, 6.45) is 2.61. The molecule has 0 aliphatic rings. The van der Waals surface area contributed by atoms with Crippen LogP contribution in [0.2, 0.25) is 0 Å². The molecule has 0 bridgehead atoms. The first-order valence-corrected chi connectivity index (χ1v) is 8.97. The van der Waals surface area contributed by atoms with Gasteiger partial charge in [0.15, 0.2) is 0 Å². The van der Waals surface area contributed by atoms with Gasteiger partial charge in [0.25, 0.3) is 0 Å². The van der Waals surface area contributed by atoms with E-state index < -0.39 is 6.04 Å². The first-order chi connectivity index (χ1) is 11.2. The minimum atomic E-state index is -0.585. The van der Waals surface area contributed by atoms with Crippen molar-refractivity contribution in [3.8, 4) is 5.75 Å². The lowest BCUT2D eigenvalue weighted by atomic mass is 10.0. The van der Waals surface area contributed by atoms with E-state index in [4.69, 9.17) is 10.5 Å². The number of carbonyl (C=O) groups excluding carboxylic acids is 1. The van der Waals surface area contributed by atoms with Crippen LogP contribution in [0.3, 0.4) is 0 Å². The number of esters is 1. The van der Waals surface area contributed by atoms with Crippen molar-refractivity contribution in [3.63, 3.8) is 0 Å². The van der Waals surface area contributed by atoms with Gasteiger partial charge in [0.1, 0.15) is 11.8 Å². The molecule has 2 N–H and O–H groups in total. The van der Waals surface area contributed by atoms with Crippen LogP contribution in [0.25, 0.3) is 21.5 Å². The molecule has 3 aromatic rings. The van der Waals surface area contributed by atoms with Crippen LogP contribution in [0.5, 0.6) is 5.75 Å². The van der Waals surface area contributed by atoms with Crippen LogP contribution in [-0.4, -0.2) is 24.0 Å². The third-order valence-corrected chi connectivity index (χ3v) is 4.54. The smallest absolute Gasteiger partial charge is 0.328 e. The minimum absolute atomic E-state index is 0.375. The van der Waals surface area contributed by atoms with Gasteiger partial charge in [-0.2, -0.15) is 11.8 Å². The molecule has 3 aromatic carbocycles. The molecule has 0 spiro atoms. The van der Waals surface area contributed by atoms with Gasteiger partial charge >= 0.3 is 5.97 Å². The average Bonchev–Trinajstić information content (AvgIpc) is 2.59.